The van der Waals surface area contributed by atoms with Crippen LogP contribution in [0.3, 0.4) is 0 Å². The molecule has 1 unspecified atom stereocenters. The molecule has 0 radical (unpaired) electrons. The number of rotatable bonds is 11. The molecule has 10 heteroatoms. The quantitative estimate of drug-likeness (QED) is 0.261. The van der Waals surface area contributed by atoms with Gasteiger partial charge in [0.2, 0.25) is 15.9 Å². The Hall–Kier alpha value is -1.72. The largest absolute Gasteiger partial charge is 0.472 e. The highest BCUT2D eigenvalue weighted by Crippen LogP contribution is 2.28. The van der Waals surface area contributed by atoms with Gasteiger partial charge in [-0.2, -0.15) is 4.98 Å². The van der Waals surface area contributed by atoms with Crippen LogP contribution in [0.5, 0.6) is 5.88 Å². The van der Waals surface area contributed by atoms with Crippen LogP contribution in [-0.2, 0) is 21.5 Å². The second-order valence-corrected chi connectivity index (χ2v) is 17.7. The number of benzene rings is 1. The summed E-state index contributed by atoms with van der Waals surface area (Å²) in [6.07, 6.45) is 1.52. The zero-order chi connectivity index (χ0) is 24.2. The Bertz CT molecular complexity index is 1190. The topological polar surface area (TPSA) is 82.5 Å². The van der Waals surface area contributed by atoms with E-state index < -0.39 is 24.2 Å². The maximum atomic E-state index is 12.5. The van der Waals surface area contributed by atoms with Gasteiger partial charge >= 0.3 is 0 Å². The number of pyridine rings is 1. The van der Waals surface area contributed by atoms with Crippen molar-refractivity contribution in [2.24, 2.45) is 0 Å². The molecule has 1 aromatic carbocycles. The van der Waals surface area contributed by atoms with Gasteiger partial charge in [-0.15, -0.1) is 0 Å². The standard InChI is InChI=1S/C23H32BrN3O4SSi/c1-17-6-8-20(9-7-17)32(28,29)25-15-18(2)31-23-21(24)14-19-10-11-27(22(19)26-23)16-30-12-13-33(3,4)5/h6-11,14,18,25H,12-13,15-16H2,1-5H3. The Morgan fingerprint density at radius 2 is 1.88 bits per heavy atom. The third-order valence-corrected chi connectivity index (χ3v) is 8.80. The Kier molecular flexibility index (Phi) is 8.39. The molecule has 180 valence electrons. The molecule has 0 amide bonds. The fourth-order valence-electron chi connectivity index (χ4n) is 3.06. The maximum Gasteiger partial charge on any atom is 0.240 e. The minimum Gasteiger partial charge on any atom is -0.472 e. The van der Waals surface area contributed by atoms with Crippen molar-refractivity contribution in [1.82, 2.24) is 14.3 Å². The number of aryl methyl sites for hydroxylation is 1. The van der Waals surface area contributed by atoms with Crippen LogP contribution in [0.1, 0.15) is 12.5 Å². The van der Waals surface area contributed by atoms with Gasteiger partial charge in [0.1, 0.15) is 18.5 Å². The summed E-state index contributed by atoms with van der Waals surface area (Å²) in [6.45, 7) is 12.0. The molecule has 3 rings (SSSR count). The van der Waals surface area contributed by atoms with Crippen LogP contribution in [0.15, 0.2) is 52.0 Å². The molecule has 33 heavy (non-hydrogen) atoms. The molecular formula is C23H32BrN3O4SSi. The van der Waals surface area contributed by atoms with Gasteiger partial charge < -0.3 is 14.0 Å². The normalized spacial score (nSPS) is 13.4. The summed E-state index contributed by atoms with van der Waals surface area (Å²) in [5.74, 6) is 0.409. The molecule has 7 nitrogen and oxygen atoms in total. The lowest BCUT2D eigenvalue weighted by molar-refractivity contribution is 0.0898. The number of aromatic nitrogens is 2. The lowest BCUT2D eigenvalue weighted by Crippen LogP contribution is -2.33. The molecule has 1 N–H and O–H groups in total. The second kappa shape index (κ2) is 10.7. The number of nitrogens with zero attached hydrogens (tertiary/aromatic N) is 2. The highest BCUT2D eigenvalue weighted by Gasteiger charge is 2.18. The summed E-state index contributed by atoms with van der Waals surface area (Å²) in [6, 6.07) is 11.8. The molecular weight excluding hydrogens is 522 g/mol. The maximum absolute atomic E-state index is 12.5. The van der Waals surface area contributed by atoms with Gasteiger partial charge in [0, 0.05) is 32.8 Å². The smallest absolute Gasteiger partial charge is 0.240 e. The van der Waals surface area contributed by atoms with Crippen molar-refractivity contribution >= 4 is 45.1 Å². The summed E-state index contributed by atoms with van der Waals surface area (Å²) >= 11 is 3.51. The number of nitrogens with one attached hydrogen (secondary N) is 1. The highest BCUT2D eigenvalue weighted by atomic mass is 79.9. The van der Waals surface area contributed by atoms with Gasteiger partial charge in [0.25, 0.3) is 0 Å². The van der Waals surface area contributed by atoms with Gasteiger partial charge in [-0.05, 0) is 60.1 Å². The lowest BCUT2D eigenvalue weighted by Gasteiger charge is -2.17. The summed E-state index contributed by atoms with van der Waals surface area (Å²) in [5, 5.41) is 0.968. The van der Waals surface area contributed by atoms with E-state index in [2.05, 4.69) is 45.3 Å². The molecule has 0 bridgehead atoms. The van der Waals surface area contributed by atoms with Crippen molar-refractivity contribution in [2.45, 2.75) is 57.3 Å². The first-order valence-electron chi connectivity index (χ1n) is 10.9. The molecule has 0 saturated carbocycles. The van der Waals surface area contributed by atoms with E-state index in [1.807, 2.05) is 29.8 Å². The van der Waals surface area contributed by atoms with Crippen molar-refractivity contribution in [1.29, 1.82) is 0 Å². The predicted octanol–water partition coefficient (Wildman–Crippen LogP) is 5.17. The van der Waals surface area contributed by atoms with E-state index in [0.29, 0.717) is 17.1 Å². The number of fused-ring (bicyclic) bond motifs is 1. The number of hydrogen-bond acceptors (Lipinski definition) is 5. The summed E-state index contributed by atoms with van der Waals surface area (Å²) in [4.78, 5) is 4.89. The van der Waals surface area contributed by atoms with Gasteiger partial charge in [-0.25, -0.2) is 13.1 Å². The molecule has 0 aliphatic rings. The van der Waals surface area contributed by atoms with E-state index in [1.165, 1.54) is 0 Å². The number of sulfonamides is 1. The Balaban J connectivity index is 1.64. The minimum absolute atomic E-state index is 0.114. The van der Waals surface area contributed by atoms with Crippen LogP contribution in [0, 0.1) is 6.92 Å². The van der Waals surface area contributed by atoms with Crippen molar-refractivity contribution in [3.63, 3.8) is 0 Å². The van der Waals surface area contributed by atoms with Crippen LogP contribution in [0.4, 0.5) is 0 Å². The third kappa shape index (κ3) is 7.38. The fraction of sp³-hybridized carbons (Fsp3) is 0.435. The first kappa shape index (κ1) is 25.9. The third-order valence-electron chi connectivity index (χ3n) is 5.09. The second-order valence-electron chi connectivity index (χ2n) is 9.42. The van der Waals surface area contributed by atoms with Gasteiger partial charge in [-0.1, -0.05) is 37.3 Å². The van der Waals surface area contributed by atoms with Crippen LogP contribution in [0.2, 0.25) is 25.7 Å². The molecule has 1 atom stereocenters. The average Bonchev–Trinajstić information content (AvgIpc) is 3.11. The first-order chi connectivity index (χ1) is 15.4. The Labute approximate surface area is 205 Å². The van der Waals surface area contributed by atoms with Crippen molar-refractivity contribution < 1.29 is 17.9 Å². The SMILES string of the molecule is Cc1ccc(S(=O)(=O)NCC(C)Oc2nc3c(ccn3COCC[Si](C)(C)C)cc2Br)cc1. The highest BCUT2D eigenvalue weighted by molar-refractivity contribution is 9.10. The van der Waals surface area contributed by atoms with E-state index in [1.54, 1.807) is 31.2 Å². The van der Waals surface area contributed by atoms with Crippen molar-refractivity contribution in [3.8, 4) is 5.88 Å². The van der Waals surface area contributed by atoms with Crippen LogP contribution in [0.25, 0.3) is 11.0 Å². The molecule has 2 heterocycles. The minimum atomic E-state index is -3.61. The Morgan fingerprint density at radius 1 is 1.18 bits per heavy atom. The Morgan fingerprint density at radius 3 is 2.55 bits per heavy atom. The van der Waals surface area contributed by atoms with E-state index in [9.17, 15) is 8.42 Å². The van der Waals surface area contributed by atoms with E-state index in [4.69, 9.17) is 9.47 Å². The lowest BCUT2D eigenvalue weighted by atomic mass is 10.2. The fourth-order valence-corrected chi connectivity index (χ4v) is 5.36. The van der Waals surface area contributed by atoms with E-state index in [0.717, 1.165) is 29.2 Å². The molecule has 0 aliphatic carbocycles. The van der Waals surface area contributed by atoms with Crippen LogP contribution in [-0.4, -0.2) is 45.3 Å². The zero-order valence-electron chi connectivity index (χ0n) is 19.8. The van der Waals surface area contributed by atoms with Crippen LogP contribution >= 0.6 is 15.9 Å². The molecule has 0 spiro atoms. The molecule has 3 aromatic rings. The van der Waals surface area contributed by atoms with Crippen molar-refractivity contribution in [2.75, 3.05) is 13.2 Å². The van der Waals surface area contributed by atoms with Gasteiger partial charge in [0.05, 0.1) is 9.37 Å². The first-order valence-corrected chi connectivity index (χ1v) is 16.9. The summed E-state index contributed by atoms with van der Waals surface area (Å²) < 4.78 is 42.2. The zero-order valence-corrected chi connectivity index (χ0v) is 23.2. The number of halogens is 1. The predicted molar refractivity (Wildman–Crippen MR) is 138 cm³/mol. The molecule has 0 aliphatic heterocycles. The van der Waals surface area contributed by atoms with Crippen LogP contribution < -0.4 is 9.46 Å². The molecule has 0 saturated heterocycles. The monoisotopic (exact) mass is 553 g/mol. The summed E-state index contributed by atoms with van der Waals surface area (Å²) in [7, 11) is -4.75. The van der Waals surface area contributed by atoms with E-state index in [-0.39, 0.29) is 11.4 Å². The summed E-state index contributed by atoms with van der Waals surface area (Å²) in [5.41, 5.74) is 1.76. The van der Waals surface area contributed by atoms with Gasteiger partial charge in [0.15, 0.2) is 0 Å². The van der Waals surface area contributed by atoms with Crippen molar-refractivity contribution in [3.05, 3.63) is 52.6 Å². The van der Waals surface area contributed by atoms with E-state index >= 15 is 0 Å². The molecule has 0 fully saturated rings. The molecule has 2 aromatic heterocycles. The van der Waals surface area contributed by atoms with Gasteiger partial charge in [-0.3, -0.25) is 0 Å². The number of hydrogen-bond donors (Lipinski definition) is 1. The average molecular weight is 555 g/mol. The number of ether oxygens (including phenoxy) is 2.